The maximum Gasteiger partial charge on any atom is 0.414 e. The molecule has 0 aliphatic carbocycles. The smallest absolute Gasteiger partial charge is 0.414 e. The number of carbonyl (C=O) groups is 3. The third kappa shape index (κ3) is 7.38. The van der Waals surface area contributed by atoms with Crippen molar-refractivity contribution in [2.24, 2.45) is 4.99 Å². The van der Waals surface area contributed by atoms with E-state index in [-0.39, 0.29) is 41.7 Å². The molecule has 0 saturated heterocycles. The van der Waals surface area contributed by atoms with Crippen molar-refractivity contribution in [1.82, 2.24) is 20.1 Å². The van der Waals surface area contributed by atoms with Gasteiger partial charge < -0.3 is 9.64 Å². The monoisotopic (exact) mass is 657 g/mol. The highest BCUT2D eigenvalue weighted by Crippen LogP contribution is 2.40. The Balaban J connectivity index is 1.54. The van der Waals surface area contributed by atoms with Gasteiger partial charge in [-0.25, -0.2) is 27.9 Å². The summed E-state index contributed by atoms with van der Waals surface area (Å²) in [5.74, 6) is -2.67. The van der Waals surface area contributed by atoms with Crippen molar-refractivity contribution >= 4 is 23.9 Å². The molecule has 0 radical (unpaired) electrons. The van der Waals surface area contributed by atoms with Crippen LogP contribution in [0.1, 0.15) is 59.2 Å². The van der Waals surface area contributed by atoms with Gasteiger partial charge in [-0.3, -0.25) is 19.8 Å². The second-order valence-corrected chi connectivity index (χ2v) is 12.5. The fourth-order valence-electron chi connectivity index (χ4n) is 5.38. The molecular weight excluding hydrogens is 623 g/mol. The minimum absolute atomic E-state index is 0.100. The van der Waals surface area contributed by atoms with E-state index in [2.05, 4.69) is 10.3 Å². The fraction of sp³-hybridized carbons (Fsp3) is 0.250. The van der Waals surface area contributed by atoms with Crippen LogP contribution in [-0.2, 0) is 28.2 Å². The van der Waals surface area contributed by atoms with E-state index < -0.39 is 40.7 Å². The van der Waals surface area contributed by atoms with Crippen LogP contribution in [0.25, 0.3) is 0 Å². The van der Waals surface area contributed by atoms with Crippen LogP contribution in [0.4, 0.5) is 18.0 Å². The van der Waals surface area contributed by atoms with Crippen LogP contribution in [0.15, 0.2) is 89.9 Å². The van der Waals surface area contributed by atoms with Crippen molar-refractivity contribution in [1.29, 1.82) is 0 Å². The number of aliphatic imine (C=N–C) groups is 1. The molecule has 0 spiro atoms. The molecule has 9 nitrogen and oxygen atoms in total. The number of amides is 3. The second kappa shape index (κ2) is 13.3. The summed E-state index contributed by atoms with van der Waals surface area (Å²) >= 11 is 0. The molecule has 12 heteroatoms. The summed E-state index contributed by atoms with van der Waals surface area (Å²) in [5, 5.41) is 2.58. The largest absolute Gasteiger partial charge is 0.444 e. The lowest BCUT2D eigenvalue weighted by Crippen LogP contribution is -2.47. The Labute approximate surface area is 276 Å². The maximum absolute atomic E-state index is 14.6. The molecule has 1 aliphatic heterocycles. The summed E-state index contributed by atoms with van der Waals surface area (Å²) in [4.78, 5) is 52.9. The van der Waals surface area contributed by atoms with E-state index in [0.29, 0.717) is 11.3 Å². The van der Waals surface area contributed by atoms with Gasteiger partial charge in [0.25, 0.3) is 11.8 Å². The van der Waals surface area contributed by atoms with Crippen LogP contribution in [0.5, 0.6) is 0 Å². The van der Waals surface area contributed by atoms with Crippen LogP contribution in [-0.4, -0.2) is 51.3 Å². The number of rotatable bonds is 7. The predicted molar refractivity (Wildman–Crippen MR) is 172 cm³/mol. The highest BCUT2D eigenvalue weighted by Gasteiger charge is 2.52. The zero-order valence-corrected chi connectivity index (χ0v) is 27.1. The van der Waals surface area contributed by atoms with Crippen LogP contribution < -0.4 is 5.32 Å². The Morgan fingerprint density at radius 3 is 1.90 bits per heavy atom. The topological polar surface area (TPSA) is 104 Å². The van der Waals surface area contributed by atoms with Gasteiger partial charge in [0.2, 0.25) is 5.96 Å². The van der Waals surface area contributed by atoms with E-state index in [1.54, 1.807) is 52.9 Å². The first kappa shape index (κ1) is 33.8. The van der Waals surface area contributed by atoms with Gasteiger partial charge in [-0.2, -0.15) is 0 Å². The third-order valence-corrected chi connectivity index (χ3v) is 7.47. The third-order valence-electron chi connectivity index (χ3n) is 7.47. The van der Waals surface area contributed by atoms with E-state index in [4.69, 9.17) is 9.73 Å². The molecule has 0 atom stereocenters. The second-order valence-electron chi connectivity index (χ2n) is 12.5. The molecule has 0 fully saturated rings. The standard InChI is InChI=1S/C36H34F3N5O4/c1-22-18-24(19-30(40-22)31(45)43(5)20-23-6-12-27(37)13-7-23)21-44-32(46)36(25-8-14-28(38)15-9-25,26-10-16-29(39)17-11-26)42-33(44)41-34(47)48-35(2,3)4/h6-19H,20-21H2,1-5H3,(H,41,42,47). The highest BCUT2D eigenvalue weighted by atomic mass is 19.1. The maximum atomic E-state index is 14.6. The number of halogens is 3. The number of aryl methyl sites for hydroxylation is 1. The molecular formula is C36H34F3N5O4. The molecule has 4 aromatic rings. The van der Waals surface area contributed by atoms with E-state index >= 15 is 0 Å². The SMILES string of the molecule is Cc1cc(CN2C(=O)C(c3ccc(F)cc3)(c3ccc(F)cc3)N=C2NC(=O)OC(C)(C)C)cc(C(=O)N(C)Cc2ccc(F)cc2)n1. The Bertz CT molecular complexity index is 1830. The zero-order valence-electron chi connectivity index (χ0n) is 27.1. The Morgan fingerprint density at radius 2 is 1.38 bits per heavy atom. The van der Waals surface area contributed by atoms with Crippen molar-refractivity contribution in [3.8, 4) is 0 Å². The molecule has 2 heterocycles. The lowest BCUT2D eigenvalue weighted by atomic mass is 9.82. The summed E-state index contributed by atoms with van der Waals surface area (Å²) in [6.07, 6.45) is -0.878. The van der Waals surface area contributed by atoms with E-state index in [9.17, 15) is 27.6 Å². The van der Waals surface area contributed by atoms with Crippen LogP contribution in [0.2, 0.25) is 0 Å². The molecule has 48 heavy (non-hydrogen) atoms. The Kier molecular flexibility index (Phi) is 9.38. The minimum atomic E-state index is -1.83. The van der Waals surface area contributed by atoms with Gasteiger partial charge in [0.05, 0.1) is 6.54 Å². The fourth-order valence-corrected chi connectivity index (χ4v) is 5.38. The van der Waals surface area contributed by atoms with Crippen molar-refractivity contribution in [3.63, 3.8) is 0 Å². The van der Waals surface area contributed by atoms with E-state index in [0.717, 1.165) is 5.56 Å². The number of hydrogen-bond donors (Lipinski definition) is 1. The molecule has 3 amide bonds. The zero-order chi connectivity index (χ0) is 34.8. The molecule has 1 aliphatic rings. The summed E-state index contributed by atoms with van der Waals surface area (Å²) in [6.45, 7) is 6.77. The van der Waals surface area contributed by atoms with Gasteiger partial charge in [-0.15, -0.1) is 0 Å². The van der Waals surface area contributed by atoms with E-state index in [1.807, 2.05) is 0 Å². The van der Waals surface area contributed by atoms with Crippen LogP contribution in [0.3, 0.4) is 0 Å². The van der Waals surface area contributed by atoms with Crippen LogP contribution in [0, 0.1) is 24.4 Å². The quantitative estimate of drug-likeness (QED) is 0.253. The van der Waals surface area contributed by atoms with Gasteiger partial charge in [-0.1, -0.05) is 36.4 Å². The molecule has 0 bridgehead atoms. The highest BCUT2D eigenvalue weighted by molar-refractivity contribution is 6.12. The van der Waals surface area contributed by atoms with Gasteiger partial charge in [-0.05, 0) is 98.5 Å². The first-order valence-electron chi connectivity index (χ1n) is 15.1. The van der Waals surface area contributed by atoms with Crippen molar-refractivity contribution in [2.45, 2.75) is 51.9 Å². The lowest BCUT2D eigenvalue weighted by molar-refractivity contribution is -0.130. The van der Waals surface area contributed by atoms with Gasteiger partial charge in [0, 0.05) is 19.3 Å². The number of nitrogens with zero attached hydrogens (tertiary/aromatic N) is 4. The lowest BCUT2D eigenvalue weighted by Gasteiger charge is -2.27. The number of hydrogen-bond acceptors (Lipinski definition) is 6. The molecule has 1 N–H and O–H groups in total. The molecule has 0 saturated carbocycles. The molecule has 3 aromatic carbocycles. The number of ether oxygens (including phenoxy) is 1. The Hall–Kier alpha value is -5.52. The van der Waals surface area contributed by atoms with Gasteiger partial charge in [0.15, 0.2) is 5.54 Å². The van der Waals surface area contributed by atoms with Crippen molar-refractivity contribution in [3.05, 3.63) is 136 Å². The number of alkyl carbamates (subject to hydrolysis) is 1. The summed E-state index contributed by atoms with van der Waals surface area (Å²) in [5.41, 5.74) is -0.367. The van der Waals surface area contributed by atoms with Crippen molar-refractivity contribution in [2.75, 3.05) is 7.05 Å². The molecule has 5 rings (SSSR count). The predicted octanol–water partition coefficient (Wildman–Crippen LogP) is 6.25. The normalized spacial score (nSPS) is 14.0. The number of carbonyl (C=O) groups excluding carboxylic acids is 3. The number of guanidine groups is 1. The molecule has 0 unspecified atom stereocenters. The summed E-state index contributed by atoms with van der Waals surface area (Å²) in [6, 6.07) is 19.3. The molecule has 1 aromatic heterocycles. The average molecular weight is 658 g/mol. The summed E-state index contributed by atoms with van der Waals surface area (Å²) < 4.78 is 46.9. The minimum Gasteiger partial charge on any atom is -0.444 e. The number of benzene rings is 3. The molecule has 248 valence electrons. The van der Waals surface area contributed by atoms with E-state index in [1.165, 1.54) is 76.5 Å². The number of nitrogens with one attached hydrogen (secondary N) is 1. The van der Waals surface area contributed by atoms with Gasteiger partial charge in [0.1, 0.15) is 28.7 Å². The number of aromatic nitrogens is 1. The average Bonchev–Trinajstić information content (AvgIpc) is 3.28. The first-order chi connectivity index (χ1) is 22.6. The van der Waals surface area contributed by atoms with Crippen LogP contribution >= 0.6 is 0 Å². The number of pyridine rings is 1. The summed E-state index contributed by atoms with van der Waals surface area (Å²) in [7, 11) is 1.59. The van der Waals surface area contributed by atoms with Gasteiger partial charge >= 0.3 is 6.09 Å². The van der Waals surface area contributed by atoms with Crippen molar-refractivity contribution < 1.29 is 32.3 Å². The first-order valence-corrected chi connectivity index (χ1v) is 15.1. The Morgan fingerprint density at radius 1 is 0.854 bits per heavy atom.